The van der Waals surface area contributed by atoms with Gasteiger partial charge >= 0.3 is 0 Å². The lowest BCUT2D eigenvalue weighted by atomic mass is 9.84. The zero-order valence-corrected chi connectivity index (χ0v) is 51.7. The van der Waals surface area contributed by atoms with Crippen molar-refractivity contribution in [1.29, 1.82) is 0 Å². The Bertz CT molecular complexity index is 2740. The van der Waals surface area contributed by atoms with E-state index in [-0.39, 0.29) is 52.1 Å². The number of aliphatic hydroxyl groups excluding tert-OH is 12. The molecular weight excluding hydrogens is 1270 g/mol. The predicted octanol–water partition coefficient (Wildman–Crippen LogP) is -16.7. The summed E-state index contributed by atoms with van der Waals surface area (Å²) in [5.41, 5.74) is 70.9. The van der Waals surface area contributed by atoms with Crippen LogP contribution in [-0.2, 0) is 82.8 Å². The van der Waals surface area contributed by atoms with Crippen LogP contribution in [0.3, 0.4) is 0 Å². The average Bonchev–Trinajstić information content (AvgIpc) is 1.38. The molecular formula is C53H98N18O24. The third-order valence-electron chi connectivity index (χ3n) is 19.1. The maximum atomic E-state index is 12.1. The summed E-state index contributed by atoms with van der Waals surface area (Å²) >= 11 is 0. The molecule has 6 aliphatic heterocycles. The second-order valence-corrected chi connectivity index (χ2v) is 25.8. The molecule has 2 aromatic rings. The van der Waals surface area contributed by atoms with Crippen LogP contribution in [0.1, 0.15) is 30.7 Å². The van der Waals surface area contributed by atoms with Gasteiger partial charge in [-0.1, -0.05) is 10.4 Å². The summed E-state index contributed by atoms with van der Waals surface area (Å²) in [7, 11) is 0. The lowest BCUT2D eigenvalue weighted by Crippen LogP contribution is -2.68. The van der Waals surface area contributed by atoms with Gasteiger partial charge < -0.3 is 187 Å². The van der Waals surface area contributed by atoms with Crippen LogP contribution in [0.2, 0.25) is 1.41 Å². The molecule has 0 bridgehead atoms. The zero-order chi connectivity index (χ0) is 69.5. The fraction of sp³-hybridized carbons (Fsp3) is 0.925. The van der Waals surface area contributed by atoms with Crippen molar-refractivity contribution in [1.82, 2.24) is 30.0 Å². The molecule has 2 aliphatic carbocycles. The quantitative estimate of drug-likeness (QED) is 0.0439. The third-order valence-corrected chi connectivity index (χ3v) is 19.1. The molecule has 8 aliphatic rings. The van der Waals surface area contributed by atoms with E-state index in [1.807, 2.05) is 0 Å². The van der Waals surface area contributed by atoms with E-state index >= 15 is 0 Å². The summed E-state index contributed by atoms with van der Waals surface area (Å²) < 4.78 is 84.4. The number of nitrogens with two attached hydrogens (primary N) is 12. The minimum absolute atomic E-state index is 0.00301. The molecule has 2 aromatic heterocycles. The van der Waals surface area contributed by atoms with E-state index in [1.165, 1.54) is 9.36 Å². The number of hydrogen-bond donors (Lipinski definition) is 24. The topological polar surface area (TPSA) is 727 Å². The maximum absolute atomic E-state index is 12.1. The Labute approximate surface area is 544 Å². The zero-order valence-electron chi connectivity index (χ0n) is 52.7. The second-order valence-electron chi connectivity index (χ2n) is 25.8. The molecule has 6 saturated heterocycles. The van der Waals surface area contributed by atoms with Gasteiger partial charge in [-0.3, -0.25) is 0 Å². The van der Waals surface area contributed by atoms with Crippen molar-refractivity contribution in [2.75, 3.05) is 26.2 Å². The summed E-state index contributed by atoms with van der Waals surface area (Å²) in [4.78, 5) is 0. The second kappa shape index (κ2) is 31.8. The molecule has 42 heteroatoms. The first-order valence-electron chi connectivity index (χ1n) is 32.3. The molecule has 10 rings (SSSR count). The van der Waals surface area contributed by atoms with Gasteiger partial charge in [0, 0.05) is 62.7 Å². The monoisotopic (exact) mass is 1370 g/mol. The number of hydrogen-bond acceptors (Lipinski definition) is 40. The van der Waals surface area contributed by atoms with Crippen LogP contribution in [-0.4, -0.2) is 350 Å². The smallest absolute Gasteiger partial charge is 0.187 e. The largest absolute Gasteiger partial charge is 0.389 e. The Balaban J connectivity index is 0.818. The molecule has 20 unspecified atom stereocenters. The molecule has 8 heterocycles. The van der Waals surface area contributed by atoms with Crippen LogP contribution in [0.15, 0.2) is 12.4 Å². The molecule has 95 heavy (non-hydrogen) atoms. The van der Waals surface area contributed by atoms with Gasteiger partial charge in [-0.05, 0) is 32.1 Å². The molecule has 38 atom stereocenters. The first-order valence-corrected chi connectivity index (χ1v) is 31.8. The van der Waals surface area contributed by atoms with Gasteiger partial charge in [-0.15, -0.1) is 10.2 Å². The molecule has 0 spiro atoms. The van der Waals surface area contributed by atoms with Crippen molar-refractivity contribution in [3.63, 3.8) is 0 Å². The highest BCUT2D eigenvalue weighted by Crippen LogP contribution is 2.38. The van der Waals surface area contributed by atoms with Crippen molar-refractivity contribution in [2.45, 2.75) is 278 Å². The van der Waals surface area contributed by atoms with Crippen LogP contribution < -0.4 is 68.8 Å². The van der Waals surface area contributed by atoms with E-state index < -0.39 is 233 Å². The van der Waals surface area contributed by atoms with E-state index in [0.717, 1.165) is 0 Å². The van der Waals surface area contributed by atoms with Gasteiger partial charge in [0.2, 0.25) is 0 Å². The summed E-state index contributed by atoms with van der Waals surface area (Å²) in [5, 5.41) is 150. The van der Waals surface area contributed by atoms with Crippen LogP contribution >= 0.6 is 0 Å². The number of rotatable bonds is 25. The van der Waals surface area contributed by atoms with E-state index in [0.29, 0.717) is 30.7 Å². The van der Waals surface area contributed by atoms with Crippen LogP contribution in [0, 0.1) is 0 Å². The molecule has 36 N–H and O–H groups in total. The first kappa shape index (κ1) is 73.1. The van der Waals surface area contributed by atoms with Crippen molar-refractivity contribution in [2.24, 2.45) is 68.8 Å². The van der Waals surface area contributed by atoms with Crippen molar-refractivity contribution in [3.8, 4) is 0 Å². The number of ether oxygens (including phenoxy) is 12. The average molecular weight is 1370 g/mol. The Kier molecular flexibility index (Phi) is 24.5. The van der Waals surface area contributed by atoms with Crippen molar-refractivity contribution in [3.05, 3.63) is 23.8 Å². The number of aromatic nitrogens is 6. The number of aliphatic hydroxyl groups is 12. The SMILES string of the molecule is [2H]NC1C(O)C(O)[C@H](CN)O[C@@H]1O[C@@H]1C(O)[C@H](O[C@H]2C(O[C@H]3OC(CN)C(O)[C@H](O)C3N)C(N)C[C@@H](N)C2O)O[C@@H]1Cn1cc(CCCc2cn(C[C@H]3O[C@@H](O[C@H]4C(O[C@H]5OC(CN)C(O)[C@H](O)C5N)C(N)C[C@@H](N)C4O)C(O)[C@H]3O[C@H]3O[C@@H](CN)C(O)C(O)C3N)nn2)nn1. The lowest BCUT2D eigenvalue weighted by molar-refractivity contribution is -0.306. The highest BCUT2D eigenvalue weighted by Gasteiger charge is 2.58. The molecule has 0 amide bonds. The summed E-state index contributed by atoms with van der Waals surface area (Å²) in [6.07, 6.45) is -38.9. The van der Waals surface area contributed by atoms with E-state index in [9.17, 15) is 61.3 Å². The highest BCUT2D eigenvalue weighted by molar-refractivity contribution is 5.06. The molecule has 8 fully saturated rings. The van der Waals surface area contributed by atoms with Crippen LogP contribution in [0.25, 0.3) is 0 Å². The van der Waals surface area contributed by atoms with Gasteiger partial charge in [0.05, 0.1) is 60.9 Å². The summed E-state index contributed by atoms with van der Waals surface area (Å²) in [6.45, 7) is -1.35. The molecule has 42 nitrogen and oxygen atoms in total. The van der Waals surface area contributed by atoms with Crippen LogP contribution in [0.4, 0.5) is 0 Å². The lowest BCUT2D eigenvalue weighted by Gasteiger charge is -2.47. The maximum Gasteiger partial charge on any atom is 0.187 e. The highest BCUT2D eigenvalue weighted by atomic mass is 16.8. The third kappa shape index (κ3) is 15.8. The minimum atomic E-state index is -1.75. The minimum Gasteiger partial charge on any atom is -0.389 e. The molecule has 0 radical (unpaired) electrons. The number of nitrogens with zero attached hydrogens (tertiary/aromatic N) is 6. The number of aryl methyl sites for hydroxylation is 2. The fourth-order valence-corrected chi connectivity index (χ4v) is 13.4. The Hall–Kier alpha value is -3.16. The van der Waals surface area contributed by atoms with Crippen molar-refractivity contribution >= 4 is 0 Å². The van der Waals surface area contributed by atoms with Gasteiger partial charge in [0.25, 0.3) is 0 Å². The van der Waals surface area contributed by atoms with Gasteiger partial charge in [-0.2, -0.15) is 0 Å². The Morgan fingerprint density at radius 2 is 0.663 bits per heavy atom. The Morgan fingerprint density at radius 3 is 0.989 bits per heavy atom. The van der Waals surface area contributed by atoms with Gasteiger partial charge in [-0.25, -0.2) is 9.36 Å². The van der Waals surface area contributed by atoms with E-state index in [4.69, 9.17) is 121 Å². The Morgan fingerprint density at radius 1 is 0.368 bits per heavy atom. The van der Waals surface area contributed by atoms with Crippen molar-refractivity contribution < 1.29 is 120 Å². The molecule has 2 saturated carbocycles. The molecule has 0 aromatic carbocycles. The van der Waals surface area contributed by atoms with E-state index in [1.54, 1.807) is 12.4 Å². The first-order chi connectivity index (χ1) is 45.7. The summed E-state index contributed by atoms with van der Waals surface area (Å²) in [6, 6.07) is -9.28. The normalized spacial score (nSPS) is 49.3. The predicted molar refractivity (Wildman–Crippen MR) is 315 cm³/mol. The van der Waals surface area contributed by atoms with Gasteiger partial charge in [0.1, 0.15) is 136 Å². The van der Waals surface area contributed by atoms with Gasteiger partial charge in [0.15, 0.2) is 37.7 Å². The molecule has 544 valence electrons. The van der Waals surface area contributed by atoms with Crippen LogP contribution in [0.5, 0.6) is 0 Å². The fourth-order valence-electron chi connectivity index (χ4n) is 13.4. The van der Waals surface area contributed by atoms with E-state index in [2.05, 4.69) is 26.4 Å². The standard InChI is InChI=1S/C53H98N18O24/c54-6-20-32(74)36(78)26(62)48(84-20)90-42-18(60)4-16(58)30(72)46(42)94-52-40(82)44(92-50-28(64)38(80)34(76)22(8-56)86-50)24(88-52)12-70-10-14(66-68-70)2-1-3-15-11-71(69-67-15)13-25-45(93-51-29(65)39(81)35(77)23(9-57)87-51)41(83)53(89-25)95-47-31(73)17(59)5-19(61)43(47)91-49-27(63)37(79)33(75)21(7-55)85-49/h10-11,16-53,72-83H,1-9,12-13,54-65H2/t16-,17-,18?,19?,20?,21?,22+,23+,24-,25-,26?,27?,28?,29?,30?,31?,32?,33?,34?,35?,36-,37-,38?,39?,40?,41?,42?,43?,44+,45+,46-,47-,48-,49-,50-,51-,52+,53+/m1/s1/i/hD. The summed E-state index contributed by atoms with van der Waals surface area (Å²) in [5.74, 6) is 0.